The molecule has 0 spiro atoms. The predicted molar refractivity (Wildman–Crippen MR) is 74.9 cm³/mol. The third-order valence-corrected chi connectivity index (χ3v) is 3.81. The number of rotatable bonds is 5. The molecule has 1 aliphatic rings. The number of anilines is 1. The van der Waals surface area contributed by atoms with Gasteiger partial charge in [-0.05, 0) is 38.7 Å². The van der Waals surface area contributed by atoms with Crippen molar-refractivity contribution in [1.82, 2.24) is 9.47 Å². The molecule has 0 saturated carbocycles. The Bertz CT molecular complexity index is 442. The van der Waals surface area contributed by atoms with E-state index in [-0.39, 0.29) is 18.6 Å². The molecule has 2 heterocycles. The van der Waals surface area contributed by atoms with Crippen LogP contribution in [0.2, 0.25) is 0 Å². The second-order valence-corrected chi connectivity index (χ2v) is 5.11. The van der Waals surface area contributed by atoms with Crippen LogP contribution in [0.3, 0.4) is 0 Å². The molecule has 0 bridgehead atoms. The molecular weight excluding hydrogens is 242 g/mol. The molecule has 19 heavy (non-hydrogen) atoms. The second kappa shape index (κ2) is 6.10. The Balaban J connectivity index is 2.13. The molecule has 2 rings (SSSR count). The Morgan fingerprint density at radius 2 is 2.37 bits per heavy atom. The summed E-state index contributed by atoms with van der Waals surface area (Å²) >= 11 is 0. The van der Waals surface area contributed by atoms with Crippen LogP contribution in [0.25, 0.3) is 0 Å². The molecule has 1 unspecified atom stereocenters. The van der Waals surface area contributed by atoms with E-state index in [0.717, 1.165) is 38.8 Å². The van der Waals surface area contributed by atoms with Crippen LogP contribution in [0.15, 0.2) is 12.3 Å². The summed E-state index contributed by atoms with van der Waals surface area (Å²) in [5.74, 6) is 0.0685. The van der Waals surface area contributed by atoms with Gasteiger partial charge < -0.3 is 20.3 Å². The van der Waals surface area contributed by atoms with Crippen molar-refractivity contribution in [1.29, 1.82) is 0 Å². The average Bonchev–Trinajstić information content (AvgIpc) is 3.01. The first-order valence-corrected chi connectivity index (χ1v) is 7.04. The third kappa shape index (κ3) is 2.92. The fourth-order valence-electron chi connectivity index (χ4n) is 2.85. The fraction of sp³-hybridized carbons (Fsp3) is 0.643. The standard InChI is InChI=1S/C14H23N3O2/c1-2-16-10-11(15)9-13(16)14(19)17-7-3-5-12(17)6-4-8-18/h9-10,12,18H,2-8,15H2,1H3. The van der Waals surface area contributed by atoms with Crippen molar-refractivity contribution in [3.63, 3.8) is 0 Å². The number of aliphatic hydroxyl groups is 1. The largest absolute Gasteiger partial charge is 0.397 e. The minimum absolute atomic E-state index is 0.0685. The molecule has 1 aliphatic heterocycles. The van der Waals surface area contributed by atoms with Crippen molar-refractivity contribution in [2.45, 2.75) is 45.2 Å². The highest BCUT2D eigenvalue weighted by atomic mass is 16.3. The normalized spacial score (nSPS) is 19.1. The summed E-state index contributed by atoms with van der Waals surface area (Å²) in [5.41, 5.74) is 7.09. The van der Waals surface area contributed by atoms with Gasteiger partial charge in [0.1, 0.15) is 5.69 Å². The number of nitrogens with two attached hydrogens (primary N) is 1. The molecule has 1 fully saturated rings. The lowest BCUT2D eigenvalue weighted by atomic mass is 10.1. The number of nitrogens with zero attached hydrogens (tertiary/aromatic N) is 2. The molecule has 0 aromatic carbocycles. The molecule has 0 radical (unpaired) electrons. The summed E-state index contributed by atoms with van der Waals surface area (Å²) in [6, 6.07) is 2.02. The maximum absolute atomic E-state index is 12.6. The van der Waals surface area contributed by atoms with Crippen LogP contribution in [0, 0.1) is 0 Å². The minimum atomic E-state index is 0.0685. The van der Waals surface area contributed by atoms with Crippen LogP contribution < -0.4 is 5.73 Å². The average molecular weight is 265 g/mol. The summed E-state index contributed by atoms with van der Waals surface area (Å²) in [6.45, 7) is 3.75. The van der Waals surface area contributed by atoms with Crippen LogP contribution >= 0.6 is 0 Å². The van der Waals surface area contributed by atoms with Gasteiger partial charge in [-0.15, -0.1) is 0 Å². The Labute approximate surface area is 114 Å². The molecule has 0 aliphatic carbocycles. The highest BCUT2D eigenvalue weighted by molar-refractivity contribution is 5.94. The van der Waals surface area contributed by atoms with Crippen molar-refractivity contribution >= 4 is 11.6 Å². The summed E-state index contributed by atoms with van der Waals surface area (Å²) in [7, 11) is 0. The topological polar surface area (TPSA) is 71.5 Å². The Morgan fingerprint density at radius 1 is 1.58 bits per heavy atom. The number of aromatic nitrogens is 1. The number of hydrogen-bond donors (Lipinski definition) is 2. The van der Waals surface area contributed by atoms with Crippen LogP contribution in [0.1, 0.15) is 43.1 Å². The van der Waals surface area contributed by atoms with Gasteiger partial charge in [-0.25, -0.2) is 0 Å². The van der Waals surface area contributed by atoms with Crippen LogP contribution in [-0.4, -0.2) is 39.7 Å². The van der Waals surface area contributed by atoms with E-state index in [2.05, 4.69) is 0 Å². The lowest BCUT2D eigenvalue weighted by Crippen LogP contribution is -2.36. The number of hydrogen-bond acceptors (Lipinski definition) is 3. The molecular formula is C14H23N3O2. The van der Waals surface area contributed by atoms with Gasteiger partial charge in [0.25, 0.3) is 5.91 Å². The Morgan fingerprint density at radius 3 is 3.05 bits per heavy atom. The first kappa shape index (κ1) is 13.9. The zero-order valence-electron chi connectivity index (χ0n) is 11.5. The maximum atomic E-state index is 12.6. The van der Waals surface area contributed by atoms with Gasteiger partial charge >= 0.3 is 0 Å². The van der Waals surface area contributed by atoms with Gasteiger partial charge in [-0.3, -0.25) is 4.79 Å². The monoisotopic (exact) mass is 265 g/mol. The second-order valence-electron chi connectivity index (χ2n) is 5.11. The zero-order valence-corrected chi connectivity index (χ0v) is 11.5. The van der Waals surface area contributed by atoms with E-state index in [1.165, 1.54) is 0 Å². The van der Waals surface area contributed by atoms with E-state index in [9.17, 15) is 4.79 Å². The smallest absolute Gasteiger partial charge is 0.270 e. The predicted octanol–water partition coefficient (Wildman–Crippen LogP) is 1.47. The van der Waals surface area contributed by atoms with E-state index in [0.29, 0.717) is 11.4 Å². The summed E-state index contributed by atoms with van der Waals surface area (Å²) in [4.78, 5) is 14.5. The Kier molecular flexibility index (Phi) is 4.47. The van der Waals surface area contributed by atoms with E-state index >= 15 is 0 Å². The molecule has 1 atom stereocenters. The number of likely N-dealkylation sites (tertiary alicyclic amines) is 1. The lowest BCUT2D eigenvalue weighted by Gasteiger charge is -2.25. The van der Waals surface area contributed by atoms with Crippen molar-refractivity contribution in [3.8, 4) is 0 Å². The Hall–Kier alpha value is -1.49. The van der Waals surface area contributed by atoms with E-state index < -0.39 is 0 Å². The molecule has 1 aromatic heterocycles. The molecule has 5 nitrogen and oxygen atoms in total. The van der Waals surface area contributed by atoms with Gasteiger partial charge in [0.05, 0.1) is 5.69 Å². The van der Waals surface area contributed by atoms with Crippen molar-refractivity contribution in [2.24, 2.45) is 0 Å². The van der Waals surface area contributed by atoms with Crippen LogP contribution in [0.5, 0.6) is 0 Å². The highest BCUT2D eigenvalue weighted by Crippen LogP contribution is 2.24. The van der Waals surface area contributed by atoms with Gasteiger partial charge in [-0.1, -0.05) is 0 Å². The quantitative estimate of drug-likeness (QED) is 0.847. The van der Waals surface area contributed by atoms with E-state index in [4.69, 9.17) is 10.8 Å². The number of carbonyl (C=O) groups excluding carboxylic acids is 1. The number of aliphatic hydroxyl groups excluding tert-OH is 1. The fourth-order valence-corrected chi connectivity index (χ4v) is 2.85. The van der Waals surface area contributed by atoms with E-state index in [1.54, 1.807) is 6.07 Å². The molecule has 1 saturated heterocycles. The SMILES string of the molecule is CCn1cc(N)cc1C(=O)N1CCCC1CCCO. The van der Waals surface area contributed by atoms with Gasteiger partial charge in [0.2, 0.25) is 0 Å². The van der Waals surface area contributed by atoms with Gasteiger partial charge in [0.15, 0.2) is 0 Å². The van der Waals surface area contributed by atoms with Crippen molar-refractivity contribution in [2.75, 3.05) is 18.9 Å². The van der Waals surface area contributed by atoms with Crippen LogP contribution in [-0.2, 0) is 6.54 Å². The minimum Gasteiger partial charge on any atom is -0.397 e. The van der Waals surface area contributed by atoms with Crippen molar-refractivity contribution < 1.29 is 9.90 Å². The number of nitrogen functional groups attached to an aromatic ring is 1. The molecule has 1 aromatic rings. The van der Waals surface area contributed by atoms with Gasteiger partial charge in [-0.2, -0.15) is 0 Å². The summed E-state index contributed by atoms with van der Waals surface area (Å²) < 4.78 is 1.90. The van der Waals surface area contributed by atoms with Crippen molar-refractivity contribution in [3.05, 3.63) is 18.0 Å². The molecule has 5 heteroatoms. The number of amides is 1. The maximum Gasteiger partial charge on any atom is 0.270 e. The number of aryl methyl sites for hydroxylation is 1. The summed E-state index contributed by atoms with van der Waals surface area (Å²) in [5, 5.41) is 8.93. The first-order valence-electron chi connectivity index (χ1n) is 7.04. The molecule has 3 N–H and O–H groups in total. The lowest BCUT2D eigenvalue weighted by molar-refractivity contribution is 0.0713. The van der Waals surface area contributed by atoms with Crippen LogP contribution in [0.4, 0.5) is 5.69 Å². The first-order chi connectivity index (χ1) is 9.17. The van der Waals surface area contributed by atoms with Gasteiger partial charge in [0, 0.05) is 31.9 Å². The van der Waals surface area contributed by atoms with E-state index in [1.807, 2.05) is 22.6 Å². The zero-order chi connectivity index (χ0) is 13.8. The summed E-state index contributed by atoms with van der Waals surface area (Å²) in [6.07, 6.45) is 5.53. The third-order valence-electron chi connectivity index (χ3n) is 3.81. The number of carbonyl (C=O) groups is 1. The molecule has 106 valence electrons. The highest BCUT2D eigenvalue weighted by Gasteiger charge is 2.30. The molecule has 1 amide bonds.